The predicted octanol–water partition coefficient (Wildman–Crippen LogP) is 3.14. The molecule has 0 spiro atoms. The van der Waals surface area contributed by atoms with Gasteiger partial charge in [-0.3, -0.25) is 24.6 Å². The molecule has 1 aromatic heterocycles. The van der Waals surface area contributed by atoms with Gasteiger partial charge in [0, 0.05) is 101 Å². The van der Waals surface area contributed by atoms with Crippen molar-refractivity contribution in [1.29, 1.82) is 0 Å². The molecule has 17 heteroatoms. The molecule has 3 N–H and O–H groups in total. The molecule has 3 amide bonds. The van der Waals surface area contributed by atoms with E-state index in [1.807, 2.05) is 0 Å². The second-order valence-corrected chi connectivity index (χ2v) is 16.9. The number of nitrogens with one attached hydrogen (secondary N) is 2. The van der Waals surface area contributed by atoms with Gasteiger partial charge in [0.15, 0.2) is 17.4 Å². The number of phenols is 1. The van der Waals surface area contributed by atoms with Crippen molar-refractivity contribution in [3.63, 3.8) is 0 Å². The van der Waals surface area contributed by atoms with E-state index in [1.165, 1.54) is 4.90 Å². The van der Waals surface area contributed by atoms with Crippen LogP contribution in [0.25, 0.3) is 11.3 Å². The molecule has 1 aliphatic carbocycles. The quantitative estimate of drug-likeness (QED) is 0.241. The van der Waals surface area contributed by atoms with E-state index in [2.05, 4.69) is 35.5 Å². The molecule has 1 saturated carbocycles. The molecule has 0 bridgehead atoms. The van der Waals surface area contributed by atoms with Crippen LogP contribution in [0.5, 0.6) is 5.75 Å². The number of hydrogen-bond acceptors (Lipinski definition) is 11. The van der Waals surface area contributed by atoms with Crippen LogP contribution in [0, 0.1) is 35.3 Å². The zero-order valence-electron chi connectivity index (χ0n) is 31.1. The third kappa shape index (κ3) is 6.42. The Kier molecular flexibility index (Phi) is 8.62. The minimum atomic E-state index is -2.90. The number of halogens is 4. The van der Waals surface area contributed by atoms with Crippen molar-refractivity contribution in [2.24, 2.45) is 23.7 Å². The van der Waals surface area contributed by atoms with Crippen LogP contribution in [0.1, 0.15) is 35.2 Å². The highest BCUT2D eigenvalue weighted by molar-refractivity contribution is 6.05. The van der Waals surface area contributed by atoms with E-state index in [9.17, 15) is 28.3 Å². The van der Waals surface area contributed by atoms with Crippen LogP contribution in [0.4, 0.5) is 34.8 Å². The number of fused-ring (bicyclic) bond motifs is 5. The van der Waals surface area contributed by atoms with Gasteiger partial charge in [-0.25, -0.2) is 17.6 Å². The van der Waals surface area contributed by atoms with Crippen molar-refractivity contribution in [1.82, 2.24) is 30.2 Å². The Morgan fingerprint density at radius 1 is 0.877 bits per heavy atom. The molecule has 0 radical (unpaired) electrons. The number of aromatic hydroxyl groups is 1. The summed E-state index contributed by atoms with van der Waals surface area (Å²) in [4.78, 5) is 47.4. The number of carbonyl (C=O) groups is 3. The van der Waals surface area contributed by atoms with Gasteiger partial charge in [-0.15, -0.1) is 10.2 Å². The molecule has 5 fully saturated rings. The summed E-state index contributed by atoms with van der Waals surface area (Å²) in [5.74, 6) is -5.22. The summed E-state index contributed by atoms with van der Waals surface area (Å²) in [6.45, 7) is 6.32. The fourth-order valence-electron chi connectivity index (χ4n) is 10.3. The second-order valence-electron chi connectivity index (χ2n) is 16.9. The van der Waals surface area contributed by atoms with Gasteiger partial charge in [0.25, 0.3) is 11.8 Å². The number of nitrogens with zero attached hydrogens (tertiary/aromatic N) is 7. The number of carbonyl (C=O) groups excluding carboxylic acids is 3. The average Bonchev–Trinajstić information content (AvgIpc) is 3.45. The van der Waals surface area contributed by atoms with Crippen molar-refractivity contribution < 1.29 is 37.1 Å². The number of rotatable bonds is 7. The Balaban J connectivity index is 0.710. The second kappa shape index (κ2) is 13.5. The van der Waals surface area contributed by atoms with E-state index >= 15 is 8.78 Å². The van der Waals surface area contributed by atoms with Crippen molar-refractivity contribution in [2.45, 2.75) is 43.8 Å². The van der Waals surface area contributed by atoms with Crippen LogP contribution in [0.3, 0.4) is 0 Å². The molecule has 7 heterocycles. The van der Waals surface area contributed by atoms with Crippen molar-refractivity contribution in [2.75, 3.05) is 80.6 Å². The SMILES string of the molecule is O=C1CCC(N2Cc3ccc(N4CCC(CN5C[C@@H]6[C@H](C5)[C@H]6CN5CCN6c7cc(-c8cc(F)cc(F)c8O)nnc7NC[C@H]6C5)C(F)(F)C4)cc3C2=O)C(=O)N1. The number of hydrogen-bond donors (Lipinski definition) is 3. The Hall–Kier alpha value is -5.03. The van der Waals surface area contributed by atoms with E-state index < -0.39 is 47.7 Å². The molecular formula is C40H43F4N9O4. The molecule has 2 aromatic carbocycles. The largest absolute Gasteiger partial charge is 0.504 e. The fraction of sp³-hybridized carbons (Fsp3) is 0.525. The maximum atomic E-state index is 15.8. The summed E-state index contributed by atoms with van der Waals surface area (Å²) in [7, 11) is 0. The maximum absolute atomic E-state index is 15.8. The highest BCUT2D eigenvalue weighted by Crippen LogP contribution is 2.53. The highest BCUT2D eigenvalue weighted by Gasteiger charge is 2.57. The van der Waals surface area contributed by atoms with Crippen LogP contribution in [-0.2, 0) is 16.1 Å². The summed E-state index contributed by atoms with van der Waals surface area (Å²) in [5.41, 5.74) is 2.65. The molecule has 4 saturated heterocycles. The Morgan fingerprint density at radius 2 is 1.70 bits per heavy atom. The van der Waals surface area contributed by atoms with E-state index in [4.69, 9.17) is 0 Å². The first kappa shape index (κ1) is 36.3. The topological polar surface area (TPSA) is 137 Å². The molecular weight excluding hydrogens is 746 g/mol. The number of piperazine rings is 1. The van der Waals surface area contributed by atoms with Gasteiger partial charge in [-0.1, -0.05) is 6.07 Å². The molecule has 6 aliphatic heterocycles. The van der Waals surface area contributed by atoms with Gasteiger partial charge in [0.05, 0.1) is 24.0 Å². The highest BCUT2D eigenvalue weighted by atomic mass is 19.3. The van der Waals surface area contributed by atoms with Gasteiger partial charge >= 0.3 is 0 Å². The summed E-state index contributed by atoms with van der Waals surface area (Å²) < 4.78 is 59.6. The van der Waals surface area contributed by atoms with Crippen LogP contribution in [-0.4, -0.2) is 131 Å². The number of anilines is 3. The lowest BCUT2D eigenvalue weighted by Crippen LogP contribution is -2.58. The van der Waals surface area contributed by atoms with Crippen LogP contribution < -0.4 is 20.4 Å². The van der Waals surface area contributed by atoms with Gasteiger partial charge in [0.2, 0.25) is 11.8 Å². The van der Waals surface area contributed by atoms with Crippen LogP contribution >= 0.6 is 0 Å². The Labute approximate surface area is 326 Å². The van der Waals surface area contributed by atoms with Gasteiger partial charge in [0.1, 0.15) is 11.9 Å². The van der Waals surface area contributed by atoms with Crippen molar-refractivity contribution in [3.05, 3.63) is 59.2 Å². The lowest BCUT2D eigenvalue weighted by Gasteiger charge is -2.46. The average molecular weight is 790 g/mol. The minimum absolute atomic E-state index is 0.0523. The smallest absolute Gasteiger partial charge is 0.269 e. The summed E-state index contributed by atoms with van der Waals surface area (Å²) >= 11 is 0. The van der Waals surface area contributed by atoms with Gasteiger partial charge in [-0.2, -0.15) is 0 Å². The first-order chi connectivity index (χ1) is 27.4. The number of amides is 3. The lowest BCUT2D eigenvalue weighted by atomic mass is 9.91. The van der Waals surface area contributed by atoms with E-state index in [-0.39, 0.29) is 48.5 Å². The predicted molar refractivity (Wildman–Crippen MR) is 200 cm³/mol. The number of phenolic OH excluding ortho intramolecular Hbond substituents is 1. The molecule has 300 valence electrons. The number of benzene rings is 2. The van der Waals surface area contributed by atoms with Gasteiger partial charge in [-0.05, 0) is 60.4 Å². The molecule has 2 unspecified atom stereocenters. The summed E-state index contributed by atoms with van der Waals surface area (Å²) in [5, 5.41) is 24.3. The Bertz CT molecular complexity index is 2160. The van der Waals surface area contributed by atoms with E-state index in [0.29, 0.717) is 66.9 Å². The standard InChI is InChI=1S/C40H43F4N9O4/c41-23-9-27(36(55)31(42)10-23)32-12-34-37(48-47-32)45-13-25-16-49(7-8-52(25)34)17-28-29-18-50(19-30(28)29)15-22-5-6-51(20-40(22,43)44)24-2-1-21-14-53(39(57)26(21)11-24)33-3-4-35(54)46-38(33)56/h1-2,9-12,22,25,28-30,33,55H,3-8,13-20H2,(H,45,48)(H,46,54,56)/t22?,25-,28-,29-,30+,33?/m0/s1. The van der Waals surface area contributed by atoms with Crippen LogP contribution in [0.2, 0.25) is 0 Å². The zero-order valence-corrected chi connectivity index (χ0v) is 31.1. The molecule has 13 nitrogen and oxygen atoms in total. The zero-order chi connectivity index (χ0) is 39.3. The van der Waals surface area contributed by atoms with Crippen molar-refractivity contribution in [3.8, 4) is 17.0 Å². The maximum Gasteiger partial charge on any atom is 0.269 e. The van der Waals surface area contributed by atoms with Crippen LogP contribution in [0.15, 0.2) is 36.4 Å². The fourth-order valence-corrected chi connectivity index (χ4v) is 10.3. The molecule has 57 heavy (non-hydrogen) atoms. The van der Waals surface area contributed by atoms with E-state index in [1.54, 1.807) is 29.2 Å². The number of imide groups is 1. The molecule has 10 rings (SSSR count). The number of piperidine rings is 3. The molecule has 3 aromatic rings. The summed E-state index contributed by atoms with van der Waals surface area (Å²) in [6, 6.07) is 8.05. The first-order valence-corrected chi connectivity index (χ1v) is 19.8. The monoisotopic (exact) mass is 789 g/mol. The number of aromatic nitrogens is 2. The molecule has 7 aliphatic rings. The number of likely N-dealkylation sites (tertiary alicyclic amines) is 1. The Morgan fingerprint density at radius 3 is 2.49 bits per heavy atom. The van der Waals surface area contributed by atoms with Gasteiger partial charge < -0.3 is 30.0 Å². The van der Waals surface area contributed by atoms with Crippen molar-refractivity contribution >= 4 is 34.9 Å². The van der Waals surface area contributed by atoms with E-state index in [0.717, 1.165) is 56.6 Å². The third-order valence-corrected chi connectivity index (χ3v) is 13.5. The summed E-state index contributed by atoms with van der Waals surface area (Å²) in [6.07, 6.45) is 0.770. The normalized spacial score (nSPS) is 29.4. The number of alkyl halides is 2. The third-order valence-electron chi connectivity index (χ3n) is 13.5. The molecule has 6 atom stereocenters. The first-order valence-electron chi connectivity index (χ1n) is 19.8. The minimum Gasteiger partial charge on any atom is -0.504 e. The lowest BCUT2D eigenvalue weighted by molar-refractivity contribution is -0.136.